The summed E-state index contributed by atoms with van der Waals surface area (Å²) in [6, 6.07) is 0. The third-order valence-electron chi connectivity index (χ3n) is 5.31. The molecule has 0 radical (unpaired) electrons. The SMILES string of the molecule is CCCCC/C=C/C/C=C/CCCCCCCCCCCCCCN(C)C. The molecule has 1 nitrogen and oxygen atoms in total. The second kappa shape index (κ2) is 23.5. The average molecular weight is 378 g/mol. The normalized spacial score (nSPS) is 12.1. The van der Waals surface area contributed by atoms with E-state index in [0.29, 0.717) is 0 Å². The first-order valence-electron chi connectivity index (χ1n) is 12.2. The molecule has 0 rings (SSSR count). The fourth-order valence-corrected chi connectivity index (χ4v) is 3.48. The lowest BCUT2D eigenvalue weighted by Crippen LogP contribution is -2.12. The van der Waals surface area contributed by atoms with Crippen LogP contribution in [-0.4, -0.2) is 25.5 Å². The Balaban J connectivity index is 3.11. The maximum Gasteiger partial charge on any atom is -0.00248 e. The lowest BCUT2D eigenvalue weighted by molar-refractivity contribution is 0.389. The minimum Gasteiger partial charge on any atom is -0.309 e. The van der Waals surface area contributed by atoms with Crippen molar-refractivity contribution in [3.05, 3.63) is 24.3 Å². The molecule has 0 atom stereocenters. The highest BCUT2D eigenvalue weighted by Gasteiger charge is 1.94. The van der Waals surface area contributed by atoms with Gasteiger partial charge in [-0.3, -0.25) is 0 Å². The molecule has 0 aliphatic heterocycles. The van der Waals surface area contributed by atoms with E-state index in [1.807, 2.05) is 0 Å². The number of nitrogens with zero attached hydrogens (tertiary/aromatic N) is 1. The molecule has 0 saturated carbocycles. The van der Waals surface area contributed by atoms with Crippen molar-refractivity contribution in [2.75, 3.05) is 20.6 Å². The standard InChI is InChI=1S/C26H51N/c1-4-5-6-7-8-9-10-11-12-13-14-15-16-17-18-19-20-21-22-23-24-25-26-27(2)3/h8-9,11-12H,4-7,10,13-26H2,1-3H3/b9-8+,12-11+. The van der Waals surface area contributed by atoms with Crippen LogP contribution in [-0.2, 0) is 0 Å². The van der Waals surface area contributed by atoms with Crippen LogP contribution in [0.15, 0.2) is 24.3 Å². The zero-order valence-electron chi connectivity index (χ0n) is 19.2. The summed E-state index contributed by atoms with van der Waals surface area (Å²) in [6.07, 6.45) is 34.3. The van der Waals surface area contributed by atoms with Crippen LogP contribution in [0.25, 0.3) is 0 Å². The summed E-state index contributed by atoms with van der Waals surface area (Å²) in [5, 5.41) is 0. The summed E-state index contributed by atoms with van der Waals surface area (Å²) in [5.41, 5.74) is 0. The topological polar surface area (TPSA) is 3.24 Å². The molecular formula is C26H51N. The molecule has 160 valence electrons. The maximum absolute atomic E-state index is 2.38. The van der Waals surface area contributed by atoms with Crippen molar-refractivity contribution < 1.29 is 0 Å². The van der Waals surface area contributed by atoms with Crippen LogP contribution in [0.4, 0.5) is 0 Å². The molecule has 0 N–H and O–H groups in total. The largest absolute Gasteiger partial charge is 0.309 e. The highest BCUT2D eigenvalue weighted by Crippen LogP contribution is 2.12. The summed E-state index contributed by atoms with van der Waals surface area (Å²) in [7, 11) is 4.34. The van der Waals surface area contributed by atoms with Crippen LogP contribution in [0.3, 0.4) is 0 Å². The second-order valence-corrected chi connectivity index (χ2v) is 8.51. The molecule has 0 fully saturated rings. The summed E-state index contributed by atoms with van der Waals surface area (Å²) in [6.45, 7) is 3.52. The summed E-state index contributed by atoms with van der Waals surface area (Å²) >= 11 is 0. The highest BCUT2D eigenvalue weighted by molar-refractivity contribution is 4.92. The van der Waals surface area contributed by atoms with Gasteiger partial charge < -0.3 is 4.90 Å². The van der Waals surface area contributed by atoms with Gasteiger partial charge in [-0.1, -0.05) is 108 Å². The lowest BCUT2D eigenvalue weighted by atomic mass is 10.0. The zero-order chi connectivity index (χ0) is 19.8. The van der Waals surface area contributed by atoms with Gasteiger partial charge in [-0.05, 0) is 59.2 Å². The molecule has 0 aromatic rings. The second-order valence-electron chi connectivity index (χ2n) is 8.51. The Morgan fingerprint density at radius 2 is 0.889 bits per heavy atom. The van der Waals surface area contributed by atoms with Crippen molar-refractivity contribution >= 4 is 0 Å². The van der Waals surface area contributed by atoms with Gasteiger partial charge in [0, 0.05) is 0 Å². The number of rotatable bonds is 21. The summed E-state index contributed by atoms with van der Waals surface area (Å²) in [5.74, 6) is 0. The Morgan fingerprint density at radius 1 is 0.481 bits per heavy atom. The monoisotopic (exact) mass is 377 g/mol. The zero-order valence-corrected chi connectivity index (χ0v) is 19.2. The van der Waals surface area contributed by atoms with Gasteiger partial charge in [0.15, 0.2) is 0 Å². The molecule has 27 heavy (non-hydrogen) atoms. The van der Waals surface area contributed by atoms with E-state index in [2.05, 4.69) is 50.2 Å². The van der Waals surface area contributed by atoms with Gasteiger partial charge in [0.05, 0.1) is 0 Å². The minimum atomic E-state index is 1.13. The molecular weight excluding hydrogens is 326 g/mol. The Kier molecular flexibility index (Phi) is 23.0. The molecule has 0 aromatic heterocycles. The van der Waals surface area contributed by atoms with Gasteiger partial charge in [0.1, 0.15) is 0 Å². The van der Waals surface area contributed by atoms with E-state index < -0.39 is 0 Å². The first-order chi connectivity index (χ1) is 13.3. The molecule has 0 heterocycles. The van der Waals surface area contributed by atoms with E-state index in [9.17, 15) is 0 Å². The van der Waals surface area contributed by atoms with Crippen LogP contribution in [0, 0.1) is 0 Å². The van der Waals surface area contributed by atoms with Crippen LogP contribution in [0.2, 0.25) is 0 Å². The van der Waals surface area contributed by atoms with E-state index in [1.54, 1.807) is 0 Å². The lowest BCUT2D eigenvalue weighted by Gasteiger charge is -2.08. The van der Waals surface area contributed by atoms with Crippen molar-refractivity contribution in [1.82, 2.24) is 4.90 Å². The summed E-state index contributed by atoms with van der Waals surface area (Å²) in [4.78, 5) is 2.30. The third kappa shape index (κ3) is 25.4. The average Bonchev–Trinajstić information content (AvgIpc) is 2.65. The predicted molar refractivity (Wildman–Crippen MR) is 126 cm³/mol. The maximum atomic E-state index is 2.38. The van der Waals surface area contributed by atoms with Gasteiger partial charge in [0.25, 0.3) is 0 Å². The molecule has 0 aliphatic rings. The number of unbranched alkanes of at least 4 members (excludes halogenated alkanes) is 15. The fourth-order valence-electron chi connectivity index (χ4n) is 3.48. The van der Waals surface area contributed by atoms with Crippen molar-refractivity contribution in [1.29, 1.82) is 0 Å². The number of hydrogen-bond acceptors (Lipinski definition) is 1. The van der Waals surface area contributed by atoms with E-state index in [1.165, 1.54) is 116 Å². The molecule has 1 heteroatoms. The van der Waals surface area contributed by atoms with Gasteiger partial charge in [-0.25, -0.2) is 0 Å². The van der Waals surface area contributed by atoms with Crippen LogP contribution >= 0.6 is 0 Å². The van der Waals surface area contributed by atoms with Gasteiger partial charge in [-0.2, -0.15) is 0 Å². The molecule has 0 saturated heterocycles. The first-order valence-corrected chi connectivity index (χ1v) is 12.2. The predicted octanol–water partition coefficient (Wildman–Crippen LogP) is 8.70. The van der Waals surface area contributed by atoms with Crippen LogP contribution in [0.1, 0.15) is 122 Å². The van der Waals surface area contributed by atoms with E-state index >= 15 is 0 Å². The molecule has 0 amide bonds. The summed E-state index contributed by atoms with van der Waals surface area (Å²) < 4.78 is 0. The van der Waals surface area contributed by atoms with Crippen molar-refractivity contribution in [3.63, 3.8) is 0 Å². The van der Waals surface area contributed by atoms with Gasteiger partial charge >= 0.3 is 0 Å². The van der Waals surface area contributed by atoms with Crippen LogP contribution in [0.5, 0.6) is 0 Å². The third-order valence-corrected chi connectivity index (χ3v) is 5.31. The Hall–Kier alpha value is -0.560. The fraction of sp³-hybridized carbons (Fsp3) is 0.846. The van der Waals surface area contributed by atoms with Gasteiger partial charge in [-0.15, -0.1) is 0 Å². The smallest absolute Gasteiger partial charge is 0.00248 e. The Bertz CT molecular complexity index is 316. The first kappa shape index (κ1) is 26.4. The Labute approximate surface area is 172 Å². The Morgan fingerprint density at radius 3 is 1.33 bits per heavy atom. The van der Waals surface area contributed by atoms with Crippen LogP contribution < -0.4 is 0 Å². The van der Waals surface area contributed by atoms with E-state index in [0.717, 1.165) is 6.42 Å². The molecule has 0 aliphatic carbocycles. The molecule has 0 bridgehead atoms. The van der Waals surface area contributed by atoms with Crippen molar-refractivity contribution in [2.24, 2.45) is 0 Å². The molecule has 0 aromatic carbocycles. The molecule has 0 unspecified atom stereocenters. The van der Waals surface area contributed by atoms with E-state index in [-0.39, 0.29) is 0 Å². The van der Waals surface area contributed by atoms with Crippen molar-refractivity contribution in [2.45, 2.75) is 122 Å². The molecule has 0 spiro atoms. The minimum absolute atomic E-state index is 1.13. The van der Waals surface area contributed by atoms with E-state index in [4.69, 9.17) is 0 Å². The highest BCUT2D eigenvalue weighted by atomic mass is 15.0. The van der Waals surface area contributed by atoms with Gasteiger partial charge in [0.2, 0.25) is 0 Å². The van der Waals surface area contributed by atoms with Crippen molar-refractivity contribution in [3.8, 4) is 0 Å². The number of hydrogen-bond donors (Lipinski definition) is 0. The number of allylic oxidation sites excluding steroid dienone is 4. The quantitative estimate of drug-likeness (QED) is 0.143.